The van der Waals surface area contributed by atoms with Gasteiger partial charge in [0.1, 0.15) is 5.65 Å². The zero-order chi connectivity index (χ0) is 11.2. The molecular weight excluding hydrogens is 259 g/mol. The maximum absolute atomic E-state index is 11.3. The normalized spacial score (nSPS) is 12.2. The zero-order valence-electron chi connectivity index (χ0n) is 7.61. The van der Waals surface area contributed by atoms with Crippen molar-refractivity contribution in [2.75, 3.05) is 0 Å². The van der Waals surface area contributed by atoms with Crippen LogP contribution in [-0.2, 0) is 9.05 Å². The van der Waals surface area contributed by atoms with Gasteiger partial charge in [0.15, 0.2) is 10.2 Å². The van der Waals surface area contributed by atoms with E-state index in [1.807, 2.05) is 13.0 Å². The van der Waals surface area contributed by atoms with Crippen molar-refractivity contribution in [1.29, 1.82) is 0 Å². The first kappa shape index (κ1) is 10.7. The van der Waals surface area contributed by atoms with Gasteiger partial charge in [-0.25, -0.2) is 13.4 Å². The molecule has 2 rings (SSSR count). The summed E-state index contributed by atoms with van der Waals surface area (Å²) in [5.74, 6) is 0. The van der Waals surface area contributed by atoms with Crippen LogP contribution in [0.3, 0.4) is 0 Å². The van der Waals surface area contributed by atoms with Crippen LogP contribution in [0, 0.1) is 6.92 Å². The van der Waals surface area contributed by atoms with Crippen molar-refractivity contribution in [2.45, 2.75) is 11.9 Å². The van der Waals surface area contributed by atoms with Crippen molar-refractivity contribution in [3.05, 3.63) is 29.0 Å². The highest BCUT2D eigenvalue weighted by Gasteiger charge is 2.22. The summed E-state index contributed by atoms with van der Waals surface area (Å²) in [6, 6.07) is 3.51. The first-order valence-corrected chi connectivity index (χ1v) is 6.68. The second-order valence-corrected chi connectivity index (χ2v) is 5.87. The molecule has 0 amide bonds. The van der Waals surface area contributed by atoms with E-state index in [0.717, 1.165) is 5.56 Å². The van der Waals surface area contributed by atoms with Gasteiger partial charge in [0.05, 0.1) is 0 Å². The van der Waals surface area contributed by atoms with E-state index in [0.29, 0.717) is 5.65 Å². The van der Waals surface area contributed by atoms with E-state index in [4.69, 9.17) is 22.3 Å². The maximum atomic E-state index is 11.3. The van der Waals surface area contributed by atoms with Gasteiger partial charge in [-0.15, -0.1) is 0 Å². The van der Waals surface area contributed by atoms with Crippen LogP contribution in [0.1, 0.15) is 5.56 Å². The minimum absolute atomic E-state index is 0.112. The Morgan fingerprint density at radius 2 is 2.13 bits per heavy atom. The fraction of sp³-hybridized carbons (Fsp3) is 0.125. The largest absolute Gasteiger partial charge is 0.288 e. The molecule has 2 aromatic rings. The Labute approximate surface area is 95.9 Å². The number of rotatable bonds is 1. The van der Waals surface area contributed by atoms with Gasteiger partial charge in [0.25, 0.3) is 9.05 Å². The predicted octanol–water partition coefficient (Wildman–Crippen LogP) is 2.22. The van der Waals surface area contributed by atoms with Crippen molar-refractivity contribution in [2.24, 2.45) is 0 Å². The van der Waals surface area contributed by atoms with Crippen LogP contribution in [0.15, 0.2) is 23.4 Å². The molecule has 0 aromatic carbocycles. The highest BCUT2D eigenvalue weighted by Crippen LogP contribution is 2.26. The summed E-state index contributed by atoms with van der Waals surface area (Å²) in [4.78, 5) is 3.94. The molecule has 15 heavy (non-hydrogen) atoms. The minimum atomic E-state index is -3.89. The molecule has 0 bridgehead atoms. The fourth-order valence-electron chi connectivity index (χ4n) is 1.37. The Morgan fingerprint density at radius 1 is 1.47 bits per heavy atom. The molecule has 0 N–H and O–H groups in total. The Hall–Kier alpha value is -0.780. The summed E-state index contributed by atoms with van der Waals surface area (Å²) in [6.45, 7) is 1.81. The number of hydrogen-bond acceptors (Lipinski definition) is 3. The second-order valence-electron chi connectivity index (χ2n) is 3.03. The van der Waals surface area contributed by atoms with E-state index >= 15 is 0 Å². The third kappa shape index (κ3) is 1.71. The van der Waals surface area contributed by atoms with Crippen molar-refractivity contribution in [1.82, 2.24) is 9.38 Å². The first-order valence-electron chi connectivity index (χ1n) is 3.99. The second kappa shape index (κ2) is 3.37. The van der Waals surface area contributed by atoms with E-state index in [2.05, 4.69) is 4.98 Å². The molecule has 0 aliphatic rings. The molecule has 0 fully saturated rings. The van der Waals surface area contributed by atoms with Gasteiger partial charge < -0.3 is 0 Å². The standard InChI is InChI=1S/C8H6Cl2N2O2S/c1-5-3-2-4-12-7(5)11-6(9)8(12)15(10,13)14/h2-4H,1H3. The summed E-state index contributed by atoms with van der Waals surface area (Å²) in [7, 11) is 1.37. The quantitative estimate of drug-likeness (QED) is 0.743. The number of aryl methyl sites for hydroxylation is 1. The molecule has 0 atom stereocenters. The van der Waals surface area contributed by atoms with Gasteiger partial charge in [-0.2, -0.15) is 0 Å². The smallest absolute Gasteiger partial charge is 0.280 e. The van der Waals surface area contributed by atoms with Crippen LogP contribution in [0.2, 0.25) is 5.15 Å². The average molecular weight is 265 g/mol. The Balaban J connectivity index is 2.99. The van der Waals surface area contributed by atoms with E-state index in [9.17, 15) is 8.42 Å². The van der Waals surface area contributed by atoms with Gasteiger partial charge in [-0.3, -0.25) is 4.40 Å². The summed E-state index contributed by atoms with van der Waals surface area (Å²) in [5.41, 5.74) is 1.31. The van der Waals surface area contributed by atoms with Crippen LogP contribution in [0.4, 0.5) is 0 Å². The van der Waals surface area contributed by atoms with E-state index < -0.39 is 9.05 Å². The SMILES string of the molecule is Cc1cccn2c(S(=O)(=O)Cl)c(Cl)nc12. The average Bonchev–Trinajstić information content (AvgIpc) is 2.41. The number of fused-ring (bicyclic) bond motifs is 1. The van der Waals surface area contributed by atoms with Crippen LogP contribution in [-0.4, -0.2) is 17.8 Å². The monoisotopic (exact) mass is 264 g/mol. The first-order chi connectivity index (χ1) is 6.91. The third-order valence-corrected chi connectivity index (χ3v) is 3.66. The van der Waals surface area contributed by atoms with E-state index in [-0.39, 0.29) is 10.2 Å². The zero-order valence-corrected chi connectivity index (χ0v) is 9.94. The van der Waals surface area contributed by atoms with Crippen molar-refractivity contribution in [3.63, 3.8) is 0 Å². The van der Waals surface area contributed by atoms with Gasteiger partial charge in [-0.1, -0.05) is 17.7 Å². The van der Waals surface area contributed by atoms with Gasteiger partial charge >= 0.3 is 0 Å². The molecule has 2 heterocycles. The lowest BCUT2D eigenvalue weighted by Gasteiger charge is -1.98. The highest BCUT2D eigenvalue weighted by atomic mass is 35.7. The lowest BCUT2D eigenvalue weighted by Crippen LogP contribution is -1.97. The molecule has 4 nitrogen and oxygen atoms in total. The van der Waals surface area contributed by atoms with Gasteiger partial charge in [0, 0.05) is 16.9 Å². The lowest BCUT2D eigenvalue weighted by atomic mass is 10.3. The van der Waals surface area contributed by atoms with E-state index in [1.165, 1.54) is 4.40 Å². The van der Waals surface area contributed by atoms with Crippen LogP contribution < -0.4 is 0 Å². The molecule has 0 unspecified atom stereocenters. The Morgan fingerprint density at radius 3 is 2.73 bits per heavy atom. The number of aromatic nitrogens is 2. The number of halogens is 2. The summed E-state index contributed by atoms with van der Waals surface area (Å²) >= 11 is 5.73. The Bertz CT molecular complexity index is 633. The predicted molar refractivity (Wildman–Crippen MR) is 58.0 cm³/mol. The summed E-state index contributed by atoms with van der Waals surface area (Å²) in [6.07, 6.45) is 1.55. The number of imidazole rings is 1. The van der Waals surface area contributed by atoms with Crippen LogP contribution >= 0.6 is 22.3 Å². The lowest BCUT2D eigenvalue weighted by molar-refractivity contribution is 0.605. The molecule has 0 spiro atoms. The third-order valence-electron chi connectivity index (χ3n) is 1.99. The maximum Gasteiger partial charge on any atom is 0.280 e. The highest BCUT2D eigenvalue weighted by molar-refractivity contribution is 8.13. The number of hydrogen-bond donors (Lipinski definition) is 0. The Kier molecular flexibility index (Phi) is 2.41. The fourth-order valence-corrected chi connectivity index (χ4v) is 3.04. The molecular formula is C8H6Cl2N2O2S. The number of nitrogens with zero attached hydrogens (tertiary/aromatic N) is 2. The molecule has 80 valence electrons. The topological polar surface area (TPSA) is 51.4 Å². The minimum Gasteiger partial charge on any atom is -0.288 e. The van der Waals surface area contributed by atoms with Crippen molar-refractivity contribution in [3.8, 4) is 0 Å². The number of pyridine rings is 1. The molecule has 0 saturated heterocycles. The molecule has 0 saturated carbocycles. The summed E-state index contributed by atoms with van der Waals surface area (Å²) in [5, 5.41) is -0.302. The molecule has 2 aromatic heterocycles. The van der Waals surface area contributed by atoms with E-state index in [1.54, 1.807) is 12.3 Å². The molecule has 0 radical (unpaired) electrons. The molecule has 0 aliphatic carbocycles. The van der Waals surface area contributed by atoms with Gasteiger partial charge in [-0.05, 0) is 18.6 Å². The van der Waals surface area contributed by atoms with Gasteiger partial charge in [0.2, 0.25) is 0 Å². The molecule has 0 aliphatic heterocycles. The molecule has 7 heteroatoms. The van der Waals surface area contributed by atoms with Crippen LogP contribution in [0.25, 0.3) is 5.65 Å². The van der Waals surface area contributed by atoms with Crippen molar-refractivity contribution < 1.29 is 8.42 Å². The van der Waals surface area contributed by atoms with Crippen molar-refractivity contribution >= 4 is 37.0 Å². The summed E-state index contributed by atoms with van der Waals surface area (Å²) < 4.78 is 23.9. The van der Waals surface area contributed by atoms with Crippen LogP contribution in [0.5, 0.6) is 0 Å².